The van der Waals surface area contributed by atoms with Gasteiger partial charge in [0.2, 0.25) is 0 Å². The van der Waals surface area contributed by atoms with Crippen molar-refractivity contribution in [3.8, 4) is 0 Å². The van der Waals surface area contributed by atoms with Gasteiger partial charge in [-0.2, -0.15) is 0 Å². The van der Waals surface area contributed by atoms with Crippen LogP contribution >= 0.6 is 11.6 Å². The Balaban J connectivity index is 1.11. The number of benzene rings is 3. The van der Waals surface area contributed by atoms with Crippen LogP contribution in [0.3, 0.4) is 0 Å². The summed E-state index contributed by atoms with van der Waals surface area (Å²) >= 11 is 6.10. The van der Waals surface area contributed by atoms with E-state index in [0.29, 0.717) is 29.0 Å². The maximum Gasteiger partial charge on any atom is 0.251 e. The van der Waals surface area contributed by atoms with E-state index in [2.05, 4.69) is 40.6 Å². The van der Waals surface area contributed by atoms with Crippen molar-refractivity contribution in [1.82, 2.24) is 10.3 Å². The van der Waals surface area contributed by atoms with Crippen LogP contribution in [0.2, 0.25) is 5.02 Å². The predicted molar refractivity (Wildman–Crippen MR) is 139 cm³/mol. The lowest BCUT2D eigenvalue weighted by atomic mass is 9.86. The van der Waals surface area contributed by atoms with E-state index in [9.17, 15) is 4.79 Å². The first-order chi connectivity index (χ1) is 17.1. The summed E-state index contributed by atoms with van der Waals surface area (Å²) in [5, 5.41) is 5.85. The number of allylic oxidation sites excluding steroid dienone is 2. The Labute approximate surface area is 207 Å². The van der Waals surface area contributed by atoms with Crippen LogP contribution in [0.15, 0.2) is 89.6 Å². The minimum atomic E-state index is -0.0893. The topological polar surface area (TPSA) is 55.1 Å². The second kappa shape index (κ2) is 7.82. The zero-order valence-electron chi connectivity index (χ0n) is 18.8. The molecule has 7 rings (SSSR count). The molecule has 2 aliphatic carbocycles. The van der Waals surface area contributed by atoms with E-state index < -0.39 is 0 Å². The molecule has 5 aromatic rings. The van der Waals surface area contributed by atoms with Crippen LogP contribution in [0.25, 0.3) is 27.4 Å². The van der Waals surface area contributed by atoms with Crippen molar-refractivity contribution in [2.24, 2.45) is 0 Å². The Morgan fingerprint density at radius 1 is 1.03 bits per heavy atom. The molecule has 3 aromatic carbocycles. The Morgan fingerprint density at radius 2 is 1.91 bits per heavy atom. The number of pyridine rings is 1. The van der Waals surface area contributed by atoms with Gasteiger partial charge in [0.05, 0.1) is 24.0 Å². The molecule has 0 aliphatic heterocycles. The minimum absolute atomic E-state index is 0.0893. The summed E-state index contributed by atoms with van der Waals surface area (Å²) in [7, 11) is 0. The van der Waals surface area contributed by atoms with Crippen molar-refractivity contribution >= 4 is 45.0 Å². The number of carbonyl (C=O) groups is 1. The molecule has 35 heavy (non-hydrogen) atoms. The quantitative estimate of drug-likeness (QED) is 0.297. The van der Waals surface area contributed by atoms with Gasteiger partial charge in [-0.3, -0.25) is 9.78 Å². The smallest absolute Gasteiger partial charge is 0.251 e. The Hall–Kier alpha value is -3.89. The normalized spacial score (nSPS) is 18.1. The summed E-state index contributed by atoms with van der Waals surface area (Å²) in [5.41, 5.74) is 8.34. The van der Waals surface area contributed by atoms with Gasteiger partial charge < -0.3 is 9.73 Å². The Kier molecular flexibility index (Phi) is 4.58. The number of fused-ring (bicyclic) bond motifs is 7. The first kappa shape index (κ1) is 20.5. The largest absolute Gasteiger partial charge is 0.464 e. The van der Waals surface area contributed by atoms with Crippen LogP contribution in [0, 0.1) is 0 Å². The molecule has 2 aromatic heterocycles. The van der Waals surface area contributed by atoms with Crippen molar-refractivity contribution < 1.29 is 9.21 Å². The van der Waals surface area contributed by atoms with Gasteiger partial charge in [0.15, 0.2) is 0 Å². The van der Waals surface area contributed by atoms with Crippen molar-refractivity contribution in [2.45, 2.75) is 24.8 Å². The third kappa shape index (κ3) is 3.36. The molecular weight excluding hydrogens is 456 g/mol. The highest BCUT2D eigenvalue weighted by Gasteiger charge is 2.39. The second-order valence-corrected chi connectivity index (χ2v) is 9.76. The van der Waals surface area contributed by atoms with Gasteiger partial charge in [-0.25, -0.2) is 0 Å². The maximum atomic E-state index is 13.0. The summed E-state index contributed by atoms with van der Waals surface area (Å²) in [5.74, 6) is 0.591. The SMILES string of the molecule is O=C(NCc1ccc2ccc(Cl)cc2n1)c1ccc2c(c1)C1C=C(c3coc4ccccc34)C2C1. The number of para-hydroxylation sites is 1. The molecular formula is C30H21ClN2O2. The van der Waals surface area contributed by atoms with Gasteiger partial charge in [0.25, 0.3) is 5.91 Å². The van der Waals surface area contributed by atoms with E-state index in [1.165, 1.54) is 22.3 Å². The second-order valence-electron chi connectivity index (χ2n) is 9.33. The van der Waals surface area contributed by atoms with E-state index >= 15 is 0 Å². The molecule has 5 heteroatoms. The highest BCUT2D eigenvalue weighted by molar-refractivity contribution is 6.31. The summed E-state index contributed by atoms with van der Waals surface area (Å²) < 4.78 is 5.80. The van der Waals surface area contributed by atoms with Gasteiger partial charge in [0.1, 0.15) is 5.58 Å². The summed E-state index contributed by atoms with van der Waals surface area (Å²) in [4.78, 5) is 17.6. The third-order valence-electron chi connectivity index (χ3n) is 7.30. The fourth-order valence-corrected chi connectivity index (χ4v) is 5.80. The first-order valence-corrected chi connectivity index (χ1v) is 12.2. The number of hydrogen-bond donors (Lipinski definition) is 1. The van der Waals surface area contributed by atoms with Gasteiger partial charge in [-0.1, -0.05) is 54.1 Å². The van der Waals surface area contributed by atoms with E-state index in [4.69, 9.17) is 16.0 Å². The fourth-order valence-electron chi connectivity index (χ4n) is 5.63. The molecule has 2 bridgehead atoms. The van der Waals surface area contributed by atoms with Crippen molar-refractivity contribution in [3.05, 3.63) is 118 Å². The van der Waals surface area contributed by atoms with Gasteiger partial charge >= 0.3 is 0 Å². The lowest BCUT2D eigenvalue weighted by molar-refractivity contribution is 0.0950. The molecule has 4 nitrogen and oxygen atoms in total. The van der Waals surface area contributed by atoms with Gasteiger partial charge in [0, 0.05) is 38.8 Å². The number of carbonyl (C=O) groups excluding carboxylic acids is 1. The lowest BCUT2D eigenvalue weighted by Gasteiger charge is -2.18. The molecule has 0 radical (unpaired) electrons. The summed E-state index contributed by atoms with van der Waals surface area (Å²) in [6.07, 6.45) is 5.29. The number of halogens is 1. The summed E-state index contributed by atoms with van der Waals surface area (Å²) in [6, 6.07) is 23.9. The molecule has 0 spiro atoms. The van der Waals surface area contributed by atoms with E-state index in [1.54, 1.807) is 0 Å². The number of amides is 1. The molecule has 1 N–H and O–H groups in total. The monoisotopic (exact) mass is 476 g/mol. The molecule has 0 fully saturated rings. The van der Waals surface area contributed by atoms with Crippen LogP contribution in [-0.4, -0.2) is 10.9 Å². The zero-order valence-corrected chi connectivity index (χ0v) is 19.5. The fraction of sp³-hybridized carbons (Fsp3) is 0.133. The van der Waals surface area contributed by atoms with E-state index in [-0.39, 0.29) is 5.91 Å². The highest BCUT2D eigenvalue weighted by atomic mass is 35.5. The molecule has 1 amide bonds. The Morgan fingerprint density at radius 3 is 2.86 bits per heavy atom. The van der Waals surface area contributed by atoms with Crippen molar-refractivity contribution in [3.63, 3.8) is 0 Å². The average molecular weight is 477 g/mol. The predicted octanol–water partition coefficient (Wildman–Crippen LogP) is 7.23. The number of aromatic nitrogens is 1. The maximum absolute atomic E-state index is 13.0. The molecule has 170 valence electrons. The molecule has 2 heterocycles. The number of furan rings is 1. The molecule has 2 aliphatic rings. The van der Waals surface area contributed by atoms with E-state index in [0.717, 1.165) is 34.0 Å². The molecule has 0 saturated heterocycles. The van der Waals surface area contributed by atoms with E-state index in [1.807, 2.05) is 54.8 Å². The molecule has 0 saturated carbocycles. The number of nitrogens with zero attached hydrogens (tertiary/aromatic N) is 1. The standard InChI is InChI=1S/C30H21ClN2O2/c31-20-8-5-17-6-9-21(33-28(17)14-20)15-32-30(34)18-7-10-22-24(11-18)19-12-25(22)26(13-19)27-16-35-29-4-2-1-3-23(27)29/h1-11,13-14,16,19,25H,12,15H2,(H,32,34). The van der Waals surface area contributed by atoms with Crippen LogP contribution in [0.4, 0.5) is 0 Å². The minimum Gasteiger partial charge on any atom is -0.464 e. The lowest BCUT2D eigenvalue weighted by Crippen LogP contribution is -2.23. The van der Waals surface area contributed by atoms with Gasteiger partial charge in [-0.15, -0.1) is 0 Å². The number of nitrogens with one attached hydrogen (secondary N) is 1. The Bertz CT molecular complexity index is 1680. The van der Waals surface area contributed by atoms with Crippen molar-refractivity contribution in [2.75, 3.05) is 0 Å². The number of rotatable bonds is 4. The molecule has 2 atom stereocenters. The first-order valence-electron chi connectivity index (χ1n) is 11.8. The molecule has 2 unspecified atom stereocenters. The summed E-state index contributed by atoms with van der Waals surface area (Å²) in [6.45, 7) is 0.363. The average Bonchev–Trinajstić information content (AvgIpc) is 3.60. The van der Waals surface area contributed by atoms with Crippen LogP contribution < -0.4 is 5.32 Å². The van der Waals surface area contributed by atoms with Crippen LogP contribution in [0.1, 0.15) is 51.0 Å². The third-order valence-corrected chi connectivity index (χ3v) is 7.54. The van der Waals surface area contributed by atoms with Crippen molar-refractivity contribution in [1.29, 1.82) is 0 Å². The van der Waals surface area contributed by atoms with Gasteiger partial charge in [-0.05, 0) is 59.5 Å². The highest BCUT2D eigenvalue weighted by Crippen LogP contribution is 2.56. The zero-order chi connectivity index (χ0) is 23.5. The van der Waals surface area contributed by atoms with Crippen LogP contribution in [-0.2, 0) is 6.54 Å². The number of hydrogen-bond acceptors (Lipinski definition) is 3. The van der Waals surface area contributed by atoms with Crippen LogP contribution in [0.5, 0.6) is 0 Å².